The highest BCUT2D eigenvalue weighted by molar-refractivity contribution is 5.40. The number of methoxy groups -OCH3 is 3. The third-order valence-corrected chi connectivity index (χ3v) is 4.63. The molecule has 0 heterocycles. The van der Waals surface area contributed by atoms with Gasteiger partial charge in [-0.1, -0.05) is 12.1 Å². The fraction of sp³-hybridized carbons (Fsp3) is 0.429. The number of para-hydroxylation sites is 2. The molecule has 0 N–H and O–H groups in total. The summed E-state index contributed by atoms with van der Waals surface area (Å²) in [6.45, 7) is 2.28. The predicted molar refractivity (Wildman–Crippen MR) is 101 cm³/mol. The van der Waals surface area contributed by atoms with Gasteiger partial charge in [0.15, 0.2) is 11.5 Å². The van der Waals surface area contributed by atoms with E-state index in [-0.39, 0.29) is 0 Å². The summed E-state index contributed by atoms with van der Waals surface area (Å²) in [6.07, 6.45) is 2.47. The van der Waals surface area contributed by atoms with Crippen LogP contribution < -0.4 is 18.9 Å². The molecule has 1 aliphatic rings. The van der Waals surface area contributed by atoms with Crippen molar-refractivity contribution in [3.8, 4) is 23.0 Å². The molecule has 0 unspecified atom stereocenters. The lowest BCUT2D eigenvalue weighted by atomic mass is 10.1. The van der Waals surface area contributed by atoms with Crippen LogP contribution in [0.2, 0.25) is 0 Å². The third-order valence-electron chi connectivity index (χ3n) is 4.63. The van der Waals surface area contributed by atoms with Crippen molar-refractivity contribution in [1.29, 1.82) is 0 Å². The number of ether oxygens (including phenoxy) is 4. The highest BCUT2D eigenvalue weighted by atomic mass is 16.5. The van der Waals surface area contributed by atoms with E-state index in [1.54, 1.807) is 21.3 Å². The van der Waals surface area contributed by atoms with Crippen LogP contribution in [0.3, 0.4) is 0 Å². The molecule has 0 aliphatic heterocycles. The Morgan fingerprint density at radius 1 is 0.885 bits per heavy atom. The first-order chi connectivity index (χ1) is 12.7. The first-order valence-corrected chi connectivity index (χ1v) is 8.96. The third kappa shape index (κ3) is 4.61. The van der Waals surface area contributed by atoms with E-state index < -0.39 is 0 Å². The molecule has 0 aromatic heterocycles. The predicted octanol–water partition coefficient (Wildman–Crippen LogP) is 3.76. The number of benzene rings is 2. The Labute approximate surface area is 155 Å². The molecule has 0 saturated heterocycles. The topological polar surface area (TPSA) is 40.2 Å². The zero-order chi connectivity index (χ0) is 18.4. The normalized spacial score (nSPS) is 13.5. The summed E-state index contributed by atoms with van der Waals surface area (Å²) in [7, 11) is 5.05. The largest absolute Gasteiger partial charge is 0.497 e. The maximum atomic E-state index is 5.95. The molecule has 3 rings (SSSR count). The molecule has 0 radical (unpaired) electrons. The molecular formula is C21H27NO4. The summed E-state index contributed by atoms with van der Waals surface area (Å²) < 4.78 is 22.2. The van der Waals surface area contributed by atoms with Crippen LogP contribution in [-0.2, 0) is 6.54 Å². The lowest BCUT2D eigenvalue weighted by Crippen LogP contribution is -2.30. The summed E-state index contributed by atoms with van der Waals surface area (Å²) >= 11 is 0. The van der Waals surface area contributed by atoms with Gasteiger partial charge in [0.2, 0.25) is 0 Å². The zero-order valence-electron chi connectivity index (χ0n) is 15.7. The van der Waals surface area contributed by atoms with Gasteiger partial charge in [0.25, 0.3) is 0 Å². The van der Waals surface area contributed by atoms with Gasteiger partial charge in [-0.25, -0.2) is 0 Å². The molecule has 5 nitrogen and oxygen atoms in total. The van der Waals surface area contributed by atoms with E-state index in [1.165, 1.54) is 12.8 Å². The number of hydrogen-bond acceptors (Lipinski definition) is 5. The van der Waals surface area contributed by atoms with Gasteiger partial charge in [-0.15, -0.1) is 0 Å². The van der Waals surface area contributed by atoms with Crippen molar-refractivity contribution < 1.29 is 18.9 Å². The van der Waals surface area contributed by atoms with Crippen LogP contribution in [-0.4, -0.2) is 45.4 Å². The van der Waals surface area contributed by atoms with Crippen molar-refractivity contribution in [2.24, 2.45) is 0 Å². The quantitative estimate of drug-likeness (QED) is 0.648. The van der Waals surface area contributed by atoms with Crippen LogP contribution in [0.4, 0.5) is 0 Å². The standard InChI is InChI=1S/C21H27NO4/c1-23-18-10-11-19(24-2)16(14-18)15-22(17-8-9-17)12-13-26-21-7-5-4-6-20(21)25-3/h4-7,10-11,14,17H,8-9,12-13,15H2,1-3H3. The monoisotopic (exact) mass is 357 g/mol. The molecule has 26 heavy (non-hydrogen) atoms. The molecule has 2 aromatic rings. The van der Waals surface area contributed by atoms with Crippen molar-refractivity contribution in [2.45, 2.75) is 25.4 Å². The second kappa shape index (κ2) is 8.81. The molecule has 0 atom stereocenters. The van der Waals surface area contributed by atoms with Crippen molar-refractivity contribution >= 4 is 0 Å². The maximum Gasteiger partial charge on any atom is 0.161 e. The first-order valence-electron chi connectivity index (χ1n) is 8.96. The van der Waals surface area contributed by atoms with Crippen LogP contribution in [0.15, 0.2) is 42.5 Å². The van der Waals surface area contributed by atoms with Gasteiger partial charge in [0.1, 0.15) is 18.1 Å². The van der Waals surface area contributed by atoms with Gasteiger partial charge in [-0.2, -0.15) is 0 Å². The van der Waals surface area contributed by atoms with Crippen molar-refractivity contribution in [2.75, 3.05) is 34.5 Å². The van der Waals surface area contributed by atoms with Gasteiger partial charge in [0.05, 0.1) is 21.3 Å². The summed E-state index contributed by atoms with van der Waals surface area (Å²) in [5.41, 5.74) is 1.14. The fourth-order valence-corrected chi connectivity index (χ4v) is 3.07. The Balaban J connectivity index is 1.63. The summed E-state index contributed by atoms with van der Waals surface area (Å²) in [5, 5.41) is 0. The Morgan fingerprint density at radius 3 is 2.27 bits per heavy atom. The SMILES string of the molecule is COc1ccc(OC)c(CN(CCOc2ccccc2OC)C2CC2)c1. The van der Waals surface area contributed by atoms with Crippen LogP contribution in [0.1, 0.15) is 18.4 Å². The van der Waals surface area contributed by atoms with Crippen molar-refractivity contribution in [3.05, 3.63) is 48.0 Å². The summed E-state index contributed by atoms with van der Waals surface area (Å²) in [5.74, 6) is 3.29. The molecule has 1 fully saturated rings. The Bertz CT molecular complexity index is 715. The lowest BCUT2D eigenvalue weighted by molar-refractivity contribution is 0.190. The first kappa shape index (κ1) is 18.4. The minimum absolute atomic E-state index is 0.614. The molecule has 2 aromatic carbocycles. The van der Waals surface area contributed by atoms with E-state index in [9.17, 15) is 0 Å². The molecule has 1 aliphatic carbocycles. The van der Waals surface area contributed by atoms with Crippen LogP contribution in [0, 0.1) is 0 Å². The Hall–Kier alpha value is -2.40. The Morgan fingerprint density at radius 2 is 1.62 bits per heavy atom. The van der Waals surface area contributed by atoms with E-state index in [0.717, 1.165) is 41.7 Å². The molecule has 5 heteroatoms. The van der Waals surface area contributed by atoms with Gasteiger partial charge in [-0.3, -0.25) is 4.90 Å². The highest BCUT2D eigenvalue weighted by Crippen LogP contribution is 2.32. The molecule has 0 amide bonds. The minimum atomic E-state index is 0.614. The van der Waals surface area contributed by atoms with Gasteiger partial charge in [-0.05, 0) is 43.2 Å². The average Bonchev–Trinajstić information content (AvgIpc) is 3.52. The molecule has 1 saturated carbocycles. The second-order valence-electron chi connectivity index (χ2n) is 6.38. The fourth-order valence-electron chi connectivity index (χ4n) is 3.07. The minimum Gasteiger partial charge on any atom is -0.497 e. The molecular weight excluding hydrogens is 330 g/mol. The van der Waals surface area contributed by atoms with Gasteiger partial charge < -0.3 is 18.9 Å². The molecule has 0 bridgehead atoms. The van der Waals surface area contributed by atoms with Crippen molar-refractivity contribution in [1.82, 2.24) is 4.90 Å². The van der Waals surface area contributed by atoms with E-state index in [2.05, 4.69) is 11.0 Å². The number of rotatable bonds is 10. The van der Waals surface area contributed by atoms with Crippen LogP contribution >= 0.6 is 0 Å². The van der Waals surface area contributed by atoms with Crippen molar-refractivity contribution in [3.63, 3.8) is 0 Å². The van der Waals surface area contributed by atoms with Gasteiger partial charge >= 0.3 is 0 Å². The molecule has 0 spiro atoms. The van der Waals surface area contributed by atoms with Crippen LogP contribution in [0.25, 0.3) is 0 Å². The van der Waals surface area contributed by atoms with E-state index in [0.29, 0.717) is 12.6 Å². The number of hydrogen-bond donors (Lipinski definition) is 0. The maximum absolute atomic E-state index is 5.95. The lowest BCUT2D eigenvalue weighted by Gasteiger charge is -2.23. The zero-order valence-corrected chi connectivity index (χ0v) is 15.7. The highest BCUT2D eigenvalue weighted by Gasteiger charge is 2.29. The second-order valence-corrected chi connectivity index (χ2v) is 6.38. The van der Waals surface area contributed by atoms with E-state index in [1.807, 2.05) is 36.4 Å². The van der Waals surface area contributed by atoms with E-state index in [4.69, 9.17) is 18.9 Å². The van der Waals surface area contributed by atoms with E-state index >= 15 is 0 Å². The average molecular weight is 357 g/mol. The Kier molecular flexibility index (Phi) is 6.23. The molecule has 140 valence electrons. The van der Waals surface area contributed by atoms with Crippen LogP contribution in [0.5, 0.6) is 23.0 Å². The summed E-state index contributed by atoms with van der Waals surface area (Å²) in [4.78, 5) is 2.45. The summed E-state index contributed by atoms with van der Waals surface area (Å²) in [6, 6.07) is 14.3. The number of nitrogens with zero attached hydrogens (tertiary/aromatic N) is 1. The van der Waals surface area contributed by atoms with Gasteiger partial charge in [0, 0.05) is 24.7 Å². The smallest absolute Gasteiger partial charge is 0.161 e.